The van der Waals surface area contributed by atoms with Crippen molar-refractivity contribution in [3.8, 4) is 0 Å². The molecule has 2 aromatic heterocycles. The number of carbonyl (C=O) groups is 1. The molecule has 2 heterocycles. The lowest BCUT2D eigenvalue weighted by Gasteiger charge is -2.13. The van der Waals surface area contributed by atoms with E-state index in [-0.39, 0.29) is 23.3 Å². The van der Waals surface area contributed by atoms with E-state index in [9.17, 15) is 14.4 Å². The zero-order valence-corrected chi connectivity index (χ0v) is 14.0. The standard InChI is InChI=1S/C16H21N5O3/c1-8-6-11(14(22)18-7-10(17)9-4-5-9)19-13-12(8)15(23)21(3)16(24)20(13)2/h6,9-10H,4-5,7,17H2,1-3H3,(H,18,22). The van der Waals surface area contributed by atoms with Crippen LogP contribution in [-0.2, 0) is 14.1 Å². The van der Waals surface area contributed by atoms with Gasteiger partial charge in [0.25, 0.3) is 11.5 Å². The average Bonchev–Trinajstić information content (AvgIpc) is 3.39. The van der Waals surface area contributed by atoms with Crippen molar-refractivity contribution < 1.29 is 4.79 Å². The average molecular weight is 331 g/mol. The summed E-state index contributed by atoms with van der Waals surface area (Å²) in [5.41, 5.74) is 6.07. The number of rotatable bonds is 4. The summed E-state index contributed by atoms with van der Waals surface area (Å²) in [6, 6.07) is 1.51. The highest BCUT2D eigenvalue weighted by Crippen LogP contribution is 2.31. The molecule has 8 heteroatoms. The summed E-state index contributed by atoms with van der Waals surface area (Å²) in [5, 5.41) is 3.11. The summed E-state index contributed by atoms with van der Waals surface area (Å²) in [6.45, 7) is 2.11. The highest BCUT2D eigenvalue weighted by atomic mass is 16.2. The SMILES string of the molecule is Cc1cc(C(=O)NCC(N)C2CC2)nc2c1c(=O)n(C)c(=O)n2C. The van der Waals surface area contributed by atoms with E-state index < -0.39 is 11.2 Å². The van der Waals surface area contributed by atoms with Crippen molar-refractivity contribution in [2.24, 2.45) is 25.7 Å². The first-order valence-electron chi connectivity index (χ1n) is 7.92. The second-order valence-corrected chi connectivity index (χ2v) is 6.44. The van der Waals surface area contributed by atoms with Crippen LogP contribution in [0.3, 0.4) is 0 Å². The van der Waals surface area contributed by atoms with Gasteiger partial charge in [0.05, 0.1) is 5.39 Å². The number of hydrogen-bond donors (Lipinski definition) is 2. The molecule has 0 spiro atoms. The van der Waals surface area contributed by atoms with Crippen molar-refractivity contribution in [3.63, 3.8) is 0 Å². The van der Waals surface area contributed by atoms with Crippen molar-refractivity contribution in [2.45, 2.75) is 25.8 Å². The lowest BCUT2D eigenvalue weighted by molar-refractivity contribution is 0.0945. The predicted octanol–water partition coefficient (Wildman–Crippen LogP) is -0.592. The number of pyridine rings is 1. The minimum absolute atomic E-state index is 0.0489. The highest BCUT2D eigenvalue weighted by Gasteiger charge is 2.28. The third-order valence-electron chi connectivity index (χ3n) is 4.57. The molecule has 8 nitrogen and oxygen atoms in total. The summed E-state index contributed by atoms with van der Waals surface area (Å²) >= 11 is 0. The van der Waals surface area contributed by atoms with Crippen LogP contribution >= 0.6 is 0 Å². The Hall–Kier alpha value is -2.48. The van der Waals surface area contributed by atoms with Crippen LogP contribution in [0.4, 0.5) is 0 Å². The molecular weight excluding hydrogens is 310 g/mol. The first kappa shape index (κ1) is 16.4. The van der Waals surface area contributed by atoms with E-state index in [0.717, 1.165) is 17.4 Å². The van der Waals surface area contributed by atoms with Crippen molar-refractivity contribution >= 4 is 16.9 Å². The fraction of sp³-hybridized carbons (Fsp3) is 0.500. The molecule has 3 N–H and O–H groups in total. The van der Waals surface area contributed by atoms with E-state index in [1.165, 1.54) is 18.7 Å². The molecule has 1 amide bonds. The Balaban J connectivity index is 1.99. The lowest BCUT2D eigenvalue weighted by Crippen LogP contribution is -2.40. The van der Waals surface area contributed by atoms with Gasteiger partial charge in [-0.15, -0.1) is 0 Å². The zero-order valence-electron chi connectivity index (χ0n) is 14.0. The molecule has 24 heavy (non-hydrogen) atoms. The Bertz CT molecular complexity index is 939. The Kier molecular flexibility index (Phi) is 4.00. The van der Waals surface area contributed by atoms with Crippen molar-refractivity contribution in [1.29, 1.82) is 0 Å². The summed E-state index contributed by atoms with van der Waals surface area (Å²) in [4.78, 5) is 40.9. The molecule has 2 aromatic rings. The van der Waals surface area contributed by atoms with Crippen LogP contribution in [0.2, 0.25) is 0 Å². The number of aromatic nitrogens is 3. The Labute approximate surface area is 138 Å². The van der Waals surface area contributed by atoms with Gasteiger partial charge < -0.3 is 11.1 Å². The van der Waals surface area contributed by atoms with E-state index in [4.69, 9.17) is 5.73 Å². The number of carbonyl (C=O) groups excluding carboxylic acids is 1. The second kappa shape index (κ2) is 5.86. The van der Waals surface area contributed by atoms with Crippen LogP contribution in [0.5, 0.6) is 0 Å². The van der Waals surface area contributed by atoms with Gasteiger partial charge in [-0.3, -0.25) is 18.7 Å². The maximum atomic E-state index is 12.3. The normalized spacial score (nSPS) is 15.5. The van der Waals surface area contributed by atoms with E-state index >= 15 is 0 Å². The van der Waals surface area contributed by atoms with Crippen LogP contribution in [0.1, 0.15) is 28.9 Å². The van der Waals surface area contributed by atoms with Crippen LogP contribution in [0, 0.1) is 12.8 Å². The second-order valence-electron chi connectivity index (χ2n) is 6.44. The number of aryl methyl sites for hydroxylation is 2. The molecule has 1 saturated carbocycles. The van der Waals surface area contributed by atoms with Gasteiger partial charge in [0, 0.05) is 26.7 Å². The molecule has 0 saturated heterocycles. The largest absolute Gasteiger partial charge is 0.349 e. The summed E-state index contributed by atoms with van der Waals surface area (Å²) in [6.07, 6.45) is 2.21. The molecule has 1 aliphatic carbocycles. The van der Waals surface area contributed by atoms with E-state index in [2.05, 4.69) is 10.3 Å². The summed E-state index contributed by atoms with van der Waals surface area (Å²) in [7, 11) is 2.95. The van der Waals surface area contributed by atoms with Crippen LogP contribution in [-0.4, -0.2) is 32.6 Å². The number of nitrogens with zero attached hydrogens (tertiary/aromatic N) is 3. The van der Waals surface area contributed by atoms with Crippen molar-refractivity contribution in [3.05, 3.63) is 38.2 Å². The van der Waals surface area contributed by atoms with Gasteiger partial charge in [-0.25, -0.2) is 9.78 Å². The molecule has 1 unspecified atom stereocenters. The Morgan fingerprint density at radius 1 is 1.38 bits per heavy atom. The number of nitrogens with one attached hydrogen (secondary N) is 1. The fourth-order valence-corrected chi connectivity index (χ4v) is 2.84. The molecule has 0 aliphatic heterocycles. The van der Waals surface area contributed by atoms with Crippen molar-refractivity contribution in [1.82, 2.24) is 19.4 Å². The van der Waals surface area contributed by atoms with E-state index in [0.29, 0.717) is 23.4 Å². The maximum absolute atomic E-state index is 12.3. The van der Waals surface area contributed by atoms with Gasteiger partial charge in [0.1, 0.15) is 11.3 Å². The van der Waals surface area contributed by atoms with Gasteiger partial charge in [-0.05, 0) is 37.3 Å². The first-order valence-corrected chi connectivity index (χ1v) is 7.92. The van der Waals surface area contributed by atoms with Crippen LogP contribution in [0.15, 0.2) is 15.7 Å². The van der Waals surface area contributed by atoms with Gasteiger partial charge in [-0.1, -0.05) is 0 Å². The minimum Gasteiger partial charge on any atom is -0.349 e. The number of nitrogens with two attached hydrogens (primary N) is 1. The Morgan fingerprint density at radius 2 is 2.04 bits per heavy atom. The van der Waals surface area contributed by atoms with Gasteiger partial charge >= 0.3 is 5.69 Å². The van der Waals surface area contributed by atoms with E-state index in [1.54, 1.807) is 13.0 Å². The molecule has 0 aromatic carbocycles. The Morgan fingerprint density at radius 3 is 2.67 bits per heavy atom. The first-order chi connectivity index (χ1) is 11.3. The summed E-state index contributed by atoms with van der Waals surface area (Å²) < 4.78 is 2.31. The quantitative estimate of drug-likeness (QED) is 0.777. The smallest absolute Gasteiger partial charge is 0.332 e. The maximum Gasteiger partial charge on any atom is 0.332 e. The van der Waals surface area contributed by atoms with Gasteiger partial charge in [-0.2, -0.15) is 0 Å². The molecule has 128 valence electrons. The predicted molar refractivity (Wildman–Crippen MR) is 90.0 cm³/mol. The molecule has 0 bridgehead atoms. The summed E-state index contributed by atoms with van der Waals surface area (Å²) in [5.74, 6) is 0.129. The molecule has 1 atom stereocenters. The van der Waals surface area contributed by atoms with Gasteiger partial charge in [0.15, 0.2) is 0 Å². The van der Waals surface area contributed by atoms with Crippen molar-refractivity contribution in [2.75, 3.05) is 6.54 Å². The molecule has 0 radical (unpaired) electrons. The highest BCUT2D eigenvalue weighted by molar-refractivity contribution is 5.95. The van der Waals surface area contributed by atoms with Crippen LogP contribution in [0.25, 0.3) is 11.0 Å². The minimum atomic E-state index is -0.479. The molecular formula is C16H21N5O3. The number of fused-ring (bicyclic) bond motifs is 1. The van der Waals surface area contributed by atoms with E-state index in [1.807, 2.05) is 0 Å². The number of hydrogen-bond acceptors (Lipinski definition) is 5. The third-order valence-corrected chi connectivity index (χ3v) is 4.57. The molecule has 3 rings (SSSR count). The number of amides is 1. The monoisotopic (exact) mass is 331 g/mol. The molecule has 1 aliphatic rings. The lowest BCUT2D eigenvalue weighted by atomic mass is 10.1. The fourth-order valence-electron chi connectivity index (χ4n) is 2.84. The topological polar surface area (TPSA) is 112 Å². The molecule has 1 fully saturated rings. The zero-order chi connectivity index (χ0) is 17.6. The third kappa shape index (κ3) is 2.73. The van der Waals surface area contributed by atoms with Crippen LogP contribution < -0.4 is 22.3 Å². The van der Waals surface area contributed by atoms with Gasteiger partial charge in [0.2, 0.25) is 0 Å².